The molecule has 1 aliphatic heterocycles. The molecule has 1 aliphatic rings. The van der Waals surface area contributed by atoms with E-state index in [0.717, 1.165) is 5.56 Å². The summed E-state index contributed by atoms with van der Waals surface area (Å²) in [6, 6.07) is 12.7. The van der Waals surface area contributed by atoms with Gasteiger partial charge in [-0.05, 0) is 48.7 Å². The molecule has 0 bridgehead atoms. The number of aryl methyl sites for hydroxylation is 1. The van der Waals surface area contributed by atoms with Crippen LogP contribution in [-0.4, -0.2) is 45.4 Å². The molecule has 0 aromatic heterocycles. The van der Waals surface area contributed by atoms with E-state index < -0.39 is 22.2 Å². The van der Waals surface area contributed by atoms with Gasteiger partial charge in [0.1, 0.15) is 6.61 Å². The lowest BCUT2D eigenvalue weighted by atomic mass is 9.98. The lowest BCUT2D eigenvalue weighted by molar-refractivity contribution is 0.135. The van der Waals surface area contributed by atoms with Gasteiger partial charge in [-0.1, -0.05) is 29.8 Å². The van der Waals surface area contributed by atoms with E-state index in [1.165, 1.54) is 28.6 Å². The van der Waals surface area contributed by atoms with Gasteiger partial charge in [0, 0.05) is 11.6 Å². The van der Waals surface area contributed by atoms with Gasteiger partial charge in [-0.3, -0.25) is 4.31 Å². The van der Waals surface area contributed by atoms with E-state index in [4.69, 9.17) is 21.4 Å². The molecule has 1 heterocycles. The number of para-hydroxylation sites is 1. The molecular weight excluding hydrogens is 404 g/mol. The van der Waals surface area contributed by atoms with Crippen molar-refractivity contribution >= 4 is 33.4 Å². The molecule has 2 N–H and O–H groups in total. The van der Waals surface area contributed by atoms with E-state index in [0.29, 0.717) is 23.6 Å². The highest BCUT2D eigenvalue weighted by atomic mass is 35.5. The second-order valence-corrected chi connectivity index (χ2v) is 8.58. The number of hydrogen-bond donors (Lipinski definition) is 2. The van der Waals surface area contributed by atoms with E-state index in [-0.39, 0.29) is 24.7 Å². The Kier molecular flexibility index (Phi) is 6.43. The summed E-state index contributed by atoms with van der Waals surface area (Å²) in [6.45, 7) is -0.236. The number of aliphatic hydroxyl groups excluding tert-OH is 1. The lowest BCUT2D eigenvalue weighted by Gasteiger charge is -2.37. The van der Waals surface area contributed by atoms with E-state index >= 15 is 0 Å². The third-order valence-corrected chi connectivity index (χ3v) is 6.60. The largest absolute Gasteiger partial charge is 0.447 e. The van der Waals surface area contributed by atoms with Gasteiger partial charge >= 0.3 is 6.09 Å². The van der Waals surface area contributed by atoms with E-state index in [1.807, 2.05) is 12.1 Å². The predicted molar refractivity (Wildman–Crippen MR) is 106 cm³/mol. The number of nitrogens with zero attached hydrogens (tertiary/aromatic N) is 1. The fourth-order valence-corrected chi connectivity index (χ4v) is 4.98. The van der Waals surface area contributed by atoms with Crippen LogP contribution in [0, 0.1) is 0 Å². The molecule has 7 nitrogen and oxygen atoms in total. The molecule has 0 aliphatic carbocycles. The number of rotatable bonds is 6. The molecule has 28 heavy (non-hydrogen) atoms. The number of sulfonamides is 1. The van der Waals surface area contributed by atoms with Crippen LogP contribution in [0.2, 0.25) is 5.02 Å². The zero-order valence-corrected chi connectivity index (χ0v) is 16.6. The molecule has 150 valence electrons. The van der Waals surface area contributed by atoms with E-state index in [2.05, 4.69) is 5.32 Å². The SMILES string of the molecule is O=C(NCCO)OCC1CCc2ccccc2N1S(=O)(=O)c1ccc(Cl)cc1. The maximum Gasteiger partial charge on any atom is 0.407 e. The number of nitrogens with one attached hydrogen (secondary N) is 1. The minimum absolute atomic E-state index is 0.0686. The van der Waals surface area contributed by atoms with Crippen molar-refractivity contribution in [3.63, 3.8) is 0 Å². The molecule has 1 atom stereocenters. The van der Waals surface area contributed by atoms with Crippen LogP contribution in [0.25, 0.3) is 0 Å². The van der Waals surface area contributed by atoms with Crippen LogP contribution in [0.4, 0.5) is 10.5 Å². The van der Waals surface area contributed by atoms with Crippen LogP contribution in [0.5, 0.6) is 0 Å². The number of carbonyl (C=O) groups excluding carboxylic acids is 1. The number of alkyl carbamates (subject to hydrolysis) is 1. The number of aliphatic hydroxyl groups is 1. The normalized spacial score (nSPS) is 16.4. The Bertz CT molecular complexity index is 934. The Labute approximate surface area is 168 Å². The molecule has 3 rings (SSSR count). The van der Waals surface area contributed by atoms with Crippen LogP contribution >= 0.6 is 11.6 Å². The first kappa shape index (κ1) is 20.4. The summed E-state index contributed by atoms with van der Waals surface area (Å²) in [7, 11) is -3.88. The van der Waals surface area contributed by atoms with Gasteiger partial charge < -0.3 is 15.2 Å². The summed E-state index contributed by atoms with van der Waals surface area (Å²) in [5.41, 5.74) is 1.49. The third-order valence-electron chi connectivity index (χ3n) is 4.47. The standard InChI is InChI=1S/C19H21ClN2O5S/c20-15-6-9-17(10-7-15)28(25,26)22-16(13-27-19(24)21-11-12-23)8-5-14-3-1-2-4-18(14)22/h1-4,6-7,9-10,16,23H,5,8,11-13H2,(H,21,24). The zero-order valence-electron chi connectivity index (χ0n) is 15.0. The smallest absolute Gasteiger partial charge is 0.407 e. The van der Waals surface area contributed by atoms with Gasteiger partial charge in [0.05, 0.1) is 23.2 Å². The molecule has 0 saturated heterocycles. The van der Waals surface area contributed by atoms with Gasteiger partial charge in [0.15, 0.2) is 0 Å². The molecule has 1 amide bonds. The van der Waals surface area contributed by atoms with Crippen LogP contribution in [-0.2, 0) is 21.2 Å². The zero-order chi connectivity index (χ0) is 20.1. The molecule has 9 heteroatoms. The molecular formula is C19H21ClN2O5S. The van der Waals surface area contributed by atoms with E-state index in [9.17, 15) is 13.2 Å². The fourth-order valence-electron chi connectivity index (χ4n) is 3.15. The van der Waals surface area contributed by atoms with Crippen LogP contribution in [0.1, 0.15) is 12.0 Å². The summed E-state index contributed by atoms with van der Waals surface area (Å²) in [6.07, 6.45) is 0.489. The molecule has 2 aromatic rings. The number of ether oxygens (including phenoxy) is 1. The minimum atomic E-state index is -3.88. The second-order valence-electron chi connectivity index (χ2n) is 6.32. The summed E-state index contributed by atoms with van der Waals surface area (Å²) >= 11 is 5.89. The van der Waals surface area contributed by atoms with Crippen LogP contribution in [0.3, 0.4) is 0 Å². The number of amides is 1. The maximum absolute atomic E-state index is 13.4. The van der Waals surface area contributed by atoms with Crippen molar-refractivity contribution in [3.8, 4) is 0 Å². The molecule has 1 unspecified atom stereocenters. The van der Waals surface area contributed by atoms with Gasteiger partial charge in [-0.25, -0.2) is 13.2 Å². The molecule has 0 fully saturated rings. The Balaban J connectivity index is 1.92. The van der Waals surface area contributed by atoms with Gasteiger partial charge in [-0.2, -0.15) is 0 Å². The highest BCUT2D eigenvalue weighted by Crippen LogP contribution is 2.35. The quantitative estimate of drug-likeness (QED) is 0.743. The number of halogens is 1. The van der Waals surface area contributed by atoms with Crippen LogP contribution < -0.4 is 9.62 Å². The summed E-state index contributed by atoms with van der Waals surface area (Å²) < 4.78 is 33.3. The van der Waals surface area contributed by atoms with Crippen LogP contribution in [0.15, 0.2) is 53.4 Å². The summed E-state index contributed by atoms with van der Waals surface area (Å²) in [5.74, 6) is 0. The summed E-state index contributed by atoms with van der Waals surface area (Å²) in [4.78, 5) is 11.8. The molecule has 0 radical (unpaired) electrons. The number of hydrogen-bond acceptors (Lipinski definition) is 5. The third kappa shape index (κ3) is 4.40. The average molecular weight is 425 g/mol. The Hall–Kier alpha value is -2.29. The number of anilines is 1. The highest BCUT2D eigenvalue weighted by molar-refractivity contribution is 7.92. The first-order valence-corrected chi connectivity index (χ1v) is 10.6. The Morgan fingerprint density at radius 1 is 1.21 bits per heavy atom. The average Bonchev–Trinajstić information content (AvgIpc) is 2.70. The fraction of sp³-hybridized carbons (Fsp3) is 0.316. The Morgan fingerprint density at radius 3 is 2.64 bits per heavy atom. The number of benzene rings is 2. The van der Waals surface area contributed by atoms with Crippen molar-refractivity contribution in [2.24, 2.45) is 0 Å². The second kappa shape index (κ2) is 8.81. The topological polar surface area (TPSA) is 95.9 Å². The van der Waals surface area contributed by atoms with Gasteiger partial charge in [0.2, 0.25) is 0 Å². The highest BCUT2D eigenvalue weighted by Gasteiger charge is 2.36. The van der Waals surface area contributed by atoms with Crippen molar-refractivity contribution in [2.45, 2.75) is 23.8 Å². The van der Waals surface area contributed by atoms with Crippen molar-refractivity contribution in [1.82, 2.24) is 5.32 Å². The lowest BCUT2D eigenvalue weighted by Crippen LogP contribution is -2.47. The maximum atomic E-state index is 13.4. The van der Waals surface area contributed by atoms with Crippen molar-refractivity contribution in [2.75, 3.05) is 24.1 Å². The number of carbonyl (C=O) groups is 1. The first-order chi connectivity index (χ1) is 13.4. The molecule has 0 spiro atoms. The first-order valence-electron chi connectivity index (χ1n) is 8.83. The summed E-state index contributed by atoms with van der Waals surface area (Å²) in [5, 5.41) is 11.6. The van der Waals surface area contributed by atoms with Crippen molar-refractivity contribution in [3.05, 3.63) is 59.1 Å². The van der Waals surface area contributed by atoms with E-state index in [1.54, 1.807) is 12.1 Å². The van der Waals surface area contributed by atoms with Gasteiger partial charge in [-0.15, -0.1) is 0 Å². The van der Waals surface area contributed by atoms with Crippen molar-refractivity contribution in [1.29, 1.82) is 0 Å². The molecule has 0 saturated carbocycles. The molecule has 2 aromatic carbocycles. The number of fused-ring (bicyclic) bond motifs is 1. The van der Waals surface area contributed by atoms with Crippen molar-refractivity contribution < 1.29 is 23.1 Å². The Morgan fingerprint density at radius 2 is 1.93 bits per heavy atom. The minimum Gasteiger partial charge on any atom is -0.447 e. The van der Waals surface area contributed by atoms with Gasteiger partial charge in [0.25, 0.3) is 10.0 Å². The predicted octanol–water partition coefficient (Wildman–Crippen LogP) is 2.57. The monoisotopic (exact) mass is 424 g/mol.